The van der Waals surface area contributed by atoms with Crippen LogP contribution in [0.5, 0.6) is 0 Å². The molecule has 2 rings (SSSR count). The number of halogens is 2. The summed E-state index contributed by atoms with van der Waals surface area (Å²) in [5.41, 5.74) is 0. The third kappa shape index (κ3) is 1.54. The number of hydrogen-bond acceptors (Lipinski definition) is 0. The molecule has 0 bridgehead atoms. The number of hydrogen-bond donors (Lipinski definition) is 0. The lowest BCUT2D eigenvalue weighted by molar-refractivity contribution is 1.67. The Balaban J connectivity index is 2.80. The van der Waals surface area contributed by atoms with Crippen LogP contribution >= 0.6 is 31.9 Å². The molecule has 0 aliphatic carbocycles. The third-order valence-electron chi connectivity index (χ3n) is 1.76. The Kier molecular flexibility index (Phi) is 2.20. The first-order valence-electron chi connectivity index (χ1n) is 3.60. The molecule has 12 heavy (non-hydrogen) atoms. The van der Waals surface area contributed by atoms with Gasteiger partial charge in [0.05, 0.1) is 0 Å². The van der Waals surface area contributed by atoms with Gasteiger partial charge >= 0.3 is 0 Å². The number of benzene rings is 2. The second-order valence-corrected chi connectivity index (χ2v) is 4.47. The summed E-state index contributed by atoms with van der Waals surface area (Å²) in [7, 11) is 0. The average molecular weight is 286 g/mol. The maximum atomic E-state index is 3.44. The molecule has 0 aliphatic heterocycles. The van der Waals surface area contributed by atoms with E-state index in [2.05, 4.69) is 68.3 Å². The Hall–Kier alpha value is -0.340. The number of rotatable bonds is 0. The van der Waals surface area contributed by atoms with Crippen LogP contribution in [0.4, 0.5) is 0 Å². The standard InChI is InChI=1S/C10H6Br2/c11-9-3-1-7-2-4-10(12)6-8(7)5-9/h1-6H. The lowest BCUT2D eigenvalue weighted by Gasteiger charge is -1.98. The summed E-state index contributed by atoms with van der Waals surface area (Å²) in [6.07, 6.45) is 0. The molecule has 0 N–H and O–H groups in total. The van der Waals surface area contributed by atoms with Gasteiger partial charge in [0.1, 0.15) is 0 Å². The number of fused-ring (bicyclic) bond motifs is 1. The molecule has 60 valence electrons. The van der Waals surface area contributed by atoms with Crippen LogP contribution in [0.15, 0.2) is 45.3 Å². The van der Waals surface area contributed by atoms with Gasteiger partial charge in [0.2, 0.25) is 0 Å². The largest absolute Gasteiger partial charge is 0.0533 e. The first-order valence-corrected chi connectivity index (χ1v) is 5.19. The maximum absolute atomic E-state index is 3.44. The van der Waals surface area contributed by atoms with Gasteiger partial charge in [0.25, 0.3) is 0 Å². The van der Waals surface area contributed by atoms with Gasteiger partial charge in [-0.05, 0) is 35.0 Å². The van der Waals surface area contributed by atoms with Crippen molar-refractivity contribution in [2.24, 2.45) is 0 Å². The Labute approximate surface area is 87.8 Å². The first kappa shape index (κ1) is 8.27. The van der Waals surface area contributed by atoms with Gasteiger partial charge in [-0.3, -0.25) is 0 Å². The van der Waals surface area contributed by atoms with Gasteiger partial charge in [0.15, 0.2) is 0 Å². The molecule has 0 saturated carbocycles. The fourth-order valence-electron chi connectivity index (χ4n) is 1.19. The highest BCUT2D eigenvalue weighted by molar-refractivity contribution is 9.10. The molecule has 2 heteroatoms. The van der Waals surface area contributed by atoms with Crippen LogP contribution in [-0.2, 0) is 0 Å². The minimum absolute atomic E-state index is 1.12. The molecule has 0 aliphatic rings. The third-order valence-corrected chi connectivity index (χ3v) is 2.75. The molecule has 0 aromatic heterocycles. The highest BCUT2D eigenvalue weighted by Gasteiger charge is 1.94. The first-order chi connectivity index (χ1) is 5.75. The molecule has 0 saturated heterocycles. The monoisotopic (exact) mass is 284 g/mol. The molecule has 0 nitrogen and oxygen atoms in total. The maximum Gasteiger partial charge on any atom is 0.0181 e. The van der Waals surface area contributed by atoms with Crippen molar-refractivity contribution in [1.82, 2.24) is 0 Å². The summed E-state index contributed by atoms with van der Waals surface area (Å²) < 4.78 is 2.24. The van der Waals surface area contributed by atoms with E-state index in [0.29, 0.717) is 0 Å². The predicted molar refractivity (Wildman–Crippen MR) is 59.3 cm³/mol. The van der Waals surface area contributed by atoms with Gasteiger partial charge in [-0.1, -0.05) is 44.0 Å². The molecule has 0 amide bonds. The molecule has 0 atom stereocenters. The average Bonchev–Trinajstić information content (AvgIpc) is 2.03. The van der Waals surface area contributed by atoms with E-state index in [1.165, 1.54) is 10.8 Å². The molecule has 0 heterocycles. The van der Waals surface area contributed by atoms with Crippen molar-refractivity contribution in [2.75, 3.05) is 0 Å². The highest BCUT2D eigenvalue weighted by Crippen LogP contribution is 2.22. The van der Waals surface area contributed by atoms with Crippen molar-refractivity contribution in [3.05, 3.63) is 45.3 Å². The van der Waals surface area contributed by atoms with Crippen molar-refractivity contribution in [3.63, 3.8) is 0 Å². The Morgan fingerprint density at radius 2 is 1.17 bits per heavy atom. The van der Waals surface area contributed by atoms with Gasteiger partial charge in [-0.25, -0.2) is 0 Å². The van der Waals surface area contributed by atoms with Crippen molar-refractivity contribution in [2.45, 2.75) is 0 Å². The molecule has 0 radical (unpaired) electrons. The lowest BCUT2D eigenvalue weighted by atomic mass is 10.1. The molecule has 2 aromatic rings. The van der Waals surface area contributed by atoms with E-state index >= 15 is 0 Å². The SMILES string of the molecule is Brc1ccc2ccc(Br)cc2c1. The van der Waals surface area contributed by atoms with Crippen LogP contribution in [0.3, 0.4) is 0 Å². The quantitative estimate of drug-likeness (QED) is 0.674. The van der Waals surface area contributed by atoms with Gasteiger partial charge in [0, 0.05) is 8.95 Å². The van der Waals surface area contributed by atoms with Crippen LogP contribution in [-0.4, -0.2) is 0 Å². The van der Waals surface area contributed by atoms with E-state index < -0.39 is 0 Å². The van der Waals surface area contributed by atoms with E-state index in [1.54, 1.807) is 0 Å². The van der Waals surface area contributed by atoms with E-state index in [1.807, 2.05) is 0 Å². The summed E-state index contributed by atoms with van der Waals surface area (Å²) in [6.45, 7) is 0. The van der Waals surface area contributed by atoms with Crippen LogP contribution < -0.4 is 0 Å². The van der Waals surface area contributed by atoms with Crippen molar-refractivity contribution < 1.29 is 0 Å². The normalized spacial score (nSPS) is 10.5. The lowest BCUT2D eigenvalue weighted by Crippen LogP contribution is -1.72. The molecule has 0 unspecified atom stereocenters. The fourth-order valence-corrected chi connectivity index (χ4v) is 1.95. The summed E-state index contributed by atoms with van der Waals surface area (Å²) in [5.74, 6) is 0. The van der Waals surface area contributed by atoms with Crippen molar-refractivity contribution >= 4 is 42.6 Å². The van der Waals surface area contributed by atoms with Gasteiger partial charge in [-0.15, -0.1) is 0 Å². The van der Waals surface area contributed by atoms with Crippen LogP contribution in [0.2, 0.25) is 0 Å². The van der Waals surface area contributed by atoms with Gasteiger partial charge in [-0.2, -0.15) is 0 Å². The predicted octanol–water partition coefficient (Wildman–Crippen LogP) is 4.36. The Morgan fingerprint density at radius 3 is 1.67 bits per heavy atom. The smallest absolute Gasteiger partial charge is 0.0181 e. The van der Waals surface area contributed by atoms with Crippen LogP contribution in [0, 0.1) is 0 Å². The van der Waals surface area contributed by atoms with E-state index in [0.717, 1.165) is 8.95 Å². The topological polar surface area (TPSA) is 0 Å². The fraction of sp³-hybridized carbons (Fsp3) is 0. The molecule has 0 spiro atoms. The summed E-state index contributed by atoms with van der Waals surface area (Å²) >= 11 is 6.88. The Morgan fingerprint density at radius 1 is 0.667 bits per heavy atom. The zero-order chi connectivity index (χ0) is 8.55. The molecular weight excluding hydrogens is 280 g/mol. The minimum Gasteiger partial charge on any atom is -0.0533 e. The van der Waals surface area contributed by atoms with Crippen LogP contribution in [0.25, 0.3) is 10.8 Å². The summed E-state index contributed by atoms with van der Waals surface area (Å²) in [5, 5.41) is 2.51. The van der Waals surface area contributed by atoms with Crippen molar-refractivity contribution in [3.8, 4) is 0 Å². The van der Waals surface area contributed by atoms with Crippen LogP contribution in [0.1, 0.15) is 0 Å². The summed E-state index contributed by atoms with van der Waals surface area (Å²) in [4.78, 5) is 0. The molecular formula is C10H6Br2. The Bertz CT molecular complexity index is 384. The zero-order valence-corrected chi connectivity index (χ0v) is 9.39. The second-order valence-electron chi connectivity index (χ2n) is 2.64. The zero-order valence-electron chi connectivity index (χ0n) is 6.22. The van der Waals surface area contributed by atoms with Gasteiger partial charge < -0.3 is 0 Å². The molecule has 2 aromatic carbocycles. The van der Waals surface area contributed by atoms with E-state index in [-0.39, 0.29) is 0 Å². The second kappa shape index (κ2) is 3.19. The highest BCUT2D eigenvalue weighted by atomic mass is 79.9. The van der Waals surface area contributed by atoms with E-state index in [9.17, 15) is 0 Å². The van der Waals surface area contributed by atoms with Crippen molar-refractivity contribution in [1.29, 1.82) is 0 Å². The minimum atomic E-state index is 1.12. The molecule has 0 fully saturated rings. The van der Waals surface area contributed by atoms with E-state index in [4.69, 9.17) is 0 Å². The summed E-state index contributed by atoms with van der Waals surface area (Å²) in [6, 6.07) is 12.5.